The SMILES string of the molecule is NCCN1C(=O)S/C(=C\CCC2CC2)C1=O. The van der Waals surface area contributed by atoms with Crippen molar-refractivity contribution in [1.29, 1.82) is 0 Å². The summed E-state index contributed by atoms with van der Waals surface area (Å²) >= 11 is 1.04. The number of nitrogens with zero attached hydrogens (tertiary/aromatic N) is 1. The van der Waals surface area contributed by atoms with Crippen LogP contribution in [0.2, 0.25) is 0 Å². The Labute approximate surface area is 99.2 Å². The molecular formula is C11H16N2O2S. The molecule has 2 aliphatic rings. The first-order valence-electron chi connectivity index (χ1n) is 5.66. The highest BCUT2D eigenvalue weighted by molar-refractivity contribution is 8.18. The van der Waals surface area contributed by atoms with Crippen LogP contribution in [0, 0.1) is 5.92 Å². The van der Waals surface area contributed by atoms with Gasteiger partial charge in [-0.3, -0.25) is 14.5 Å². The van der Waals surface area contributed by atoms with E-state index in [2.05, 4.69) is 0 Å². The first-order valence-corrected chi connectivity index (χ1v) is 6.48. The molecule has 0 atom stereocenters. The maximum atomic E-state index is 11.8. The molecule has 16 heavy (non-hydrogen) atoms. The van der Waals surface area contributed by atoms with E-state index in [-0.39, 0.29) is 11.1 Å². The minimum atomic E-state index is -0.187. The maximum absolute atomic E-state index is 11.8. The lowest BCUT2D eigenvalue weighted by atomic mass is 10.2. The fraction of sp³-hybridized carbons (Fsp3) is 0.636. The van der Waals surface area contributed by atoms with Gasteiger partial charge < -0.3 is 5.73 Å². The number of nitrogens with two attached hydrogens (primary N) is 1. The highest BCUT2D eigenvalue weighted by Gasteiger charge is 2.34. The van der Waals surface area contributed by atoms with E-state index in [0.717, 1.165) is 30.5 Å². The number of carbonyl (C=O) groups is 2. The summed E-state index contributed by atoms with van der Waals surface area (Å²) < 4.78 is 0. The van der Waals surface area contributed by atoms with Crippen molar-refractivity contribution in [1.82, 2.24) is 4.90 Å². The summed E-state index contributed by atoms with van der Waals surface area (Å²) in [5, 5.41) is -0.187. The largest absolute Gasteiger partial charge is 0.329 e. The number of carbonyl (C=O) groups excluding carboxylic acids is 2. The Morgan fingerprint density at radius 3 is 2.81 bits per heavy atom. The molecule has 1 saturated carbocycles. The Balaban J connectivity index is 1.90. The molecule has 1 heterocycles. The normalized spacial score (nSPS) is 23.6. The third kappa shape index (κ3) is 2.65. The van der Waals surface area contributed by atoms with Crippen LogP contribution < -0.4 is 5.73 Å². The first kappa shape index (κ1) is 11.7. The van der Waals surface area contributed by atoms with E-state index in [1.807, 2.05) is 6.08 Å². The van der Waals surface area contributed by atoms with Crippen LogP contribution in [0.1, 0.15) is 25.7 Å². The van der Waals surface area contributed by atoms with Gasteiger partial charge in [0.25, 0.3) is 11.1 Å². The van der Waals surface area contributed by atoms with E-state index >= 15 is 0 Å². The molecule has 0 bridgehead atoms. The van der Waals surface area contributed by atoms with Crippen LogP contribution in [0.25, 0.3) is 0 Å². The summed E-state index contributed by atoms with van der Waals surface area (Å²) in [5.74, 6) is 0.686. The number of rotatable bonds is 5. The molecule has 4 nitrogen and oxygen atoms in total. The van der Waals surface area contributed by atoms with Gasteiger partial charge >= 0.3 is 0 Å². The van der Waals surface area contributed by atoms with Crippen molar-refractivity contribution in [2.75, 3.05) is 13.1 Å². The highest BCUT2D eigenvalue weighted by Crippen LogP contribution is 2.35. The predicted octanol–water partition coefficient (Wildman–Crippen LogP) is 1.71. The molecule has 1 aliphatic carbocycles. The number of hydrogen-bond acceptors (Lipinski definition) is 4. The molecule has 88 valence electrons. The molecule has 1 aliphatic heterocycles. The Bertz CT molecular complexity index is 337. The summed E-state index contributed by atoms with van der Waals surface area (Å²) in [6.07, 6.45) is 6.59. The average Bonchev–Trinajstić information content (AvgIpc) is 3.03. The van der Waals surface area contributed by atoms with Crippen LogP contribution in [0.4, 0.5) is 4.79 Å². The average molecular weight is 240 g/mol. The molecule has 2 fully saturated rings. The van der Waals surface area contributed by atoms with Crippen LogP contribution >= 0.6 is 11.8 Å². The number of imide groups is 1. The molecule has 0 aromatic rings. The molecule has 0 aromatic carbocycles. The molecule has 0 unspecified atom stereocenters. The zero-order valence-electron chi connectivity index (χ0n) is 9.15. The van der Waals surface area contributed by atoms with Crippen LogP contribution in [-0.2, 0) is 4.79 Å². The fourth-order valence-corrected chi connectivity index (χ4v) is 2.59. The van der Waals surface area contributed by atoms with Crippen molar-refractivity contribution >= 4 is 22.9 Å². The van der Waals surface area contributed by atoms with Gasteiger partial charge in [-0.15, -0.1) is 0 Å². The first-order chi connectivity index (χ1) is 7.72. The Hall–Kier alpha value is -0.810. The molecule has 2 N–H and O–H groups in total. The van der Waals surface area contributed by atoms with Crippen molar-refractivity contribution in [3.8, 4) is 0 Å². The van der Waals surface area contributed by atoms with Crippen LogP contribution in [-0.4, -0.2) is 29.1 Å². The highest BCUT2D eigenvalue weighted by atomic mass is 32.2. The lowest BCUT2D eigenvalue weighted by molar-refractivity contribution is -0.122. The van der Waals surface area contributed by atoms with Gasteiger partial charge in [-0.1, -0.05) is 18.9 Å². The van der Waals surface area contributed by atoms with Gasteiger partial charge in [0.05, 0.1) is 4.91 Å². The van der Waals surface area contributed by atoms with E-state index in [9.17, 15) is 9.59 Å². The zero-order chi connectivity index (χ0) is 11.5. The molecular weight excluding hydrogens is 224 g/mol. The lowest BCUT2D eigenvalue weighted by Gasteiger charge is -2.09. The van der Waals surface area contributed by atoms with Crippen LogP contribution in [0.3, 0.4) is 0 Å². The summed E-state index contributed by atoms with van der Waals surface area (Å²) in [4.78, 5) is 25.0. The minimum Gasteiger partial charge on any atom is -0.329 e. The maximum Gasteiger partial charge on any atom is 0.293 e. The molecule has 0 radical (unpaired) electrons. The topological polar surface area (TPSA) is 63.4 Å². The zero-order valence-corrected chi connectivity index (χ0v) is 9.96. The molecule has 0 spiro atoms. The number of allylic oxidation sites excluding steroid dienone is 1. The number of thioether (sulfide) groups is 1. The summed E-state index contributed by atoms with van der Waals surface area (Å²) in [5.41, 5.74) is 5.35. The van der Waals surface area contributed by atoms with Crippen molar-refractivity contribution in [3.05, 3.63) is 11.0 Å². The Morgan fingerprint density at radius 1 is 1.44 bits per heavy atom. The van der Waals surface area contributed by atoms with Crippen molar-refractivity contribution in [2.45, 2.75) is 25.7 Å². The second-order valence-electron chi connectivity index (χ2n) is 4.20. The van der Waals surface area contributed by atoms with Crippen LogP contribution in [0.15, 0.2) is 11.0 Å². The number of amides is 2. The summed E-state index contributed by atoms with van der Waals surface area (Å²) in [6, 6.07) is 0. The minimum absolute atomic E-state index is 0.170. The van der Waals surface area contributed by atoms with Crippen molar-refractivity contribution in [2.24, 2.45) is 11.7 Å². The number of hydrogen-bond donors (Lipinski definition) is 1. The van der Waals surface area contributed by atoms with Crippen LogP contribution in [0.5, 0.6) is 0 Å². The smallest absolute Gasteiger partial charge is 0.293 e. The lowest BCUT2D eigenvalue weighted by Crippen LogP contribution is -2.33. The quantitative estimate of drug-likeness (QED) is 0.743. The molecule has 1 saturated heterocycles. The van der Waals surface area contributed by atoms with E-state index < -0.39 is 0 Å². The second-order valence-corrected chi connectivity index (χ2v) is 5.20. The molecule has 2 rings (SSSR count). The molecule has 5 heteroatoms. The van der Waals surface area contributed by atoms with E-state index in [1.165, 1.54) is 17.7 Å². The van der Waals surface area contributed by atoms with E-state index in [4.69, 9.17) is 5.73 Å². The van der Waals surface area contributed by atoms with Gasteiger partial charge in [0.2, 0.25) is 0 Å². The van der Waals surface area contributed by atoms with Gasteiger partial charge in [-0.05, 0) is 30.5 Å². The predicted molar refractivity (Wildman–Crippen MR) is 63.8 cm³/mol. The monoisotopic (exact) mass is 240 g/mol. The third-order valence-corrected chi connectivity index (χ3v) is 3.78. The van der Waals surface area contributed by atoms with Crippen molar-refractivity contribution < 1.29 is 9.59 Å². The van der Waals surface area contributed by atoms with Gasteiger partial charge in [0.15, 0.2) is 0 Å². The van der Waals surface area contributed by atoms with E-state index in [1.54, 1.807) is 0 Å². The second kappa shape index (κ2) is 5.01. The molecule has 0 aromatic heterocycles. The summed E-state index contributed by atoms with van der Waals surface area (Å²) in [7, 11) is 0. The molecule has 2 amide bonds. The van der Waals surface area contributed by atoms with E-state index in [0.29, 0.717) is 18.0 Å². The Morgan fingerprint density at radius 2 is 2.19 bits per heavy atom. The van der Waals surface area contributed by atoms with Gasteiger partial charge in [-0.2, -0.15) is 0 Å². The fourth-order valence-electron chi connectivity index (χ4n) is 1.72. The Kier molecular flexibility index (Phi) is 3.66. The standard InChI is InChI=1S/C11H16N2O2S/c12-6-7-13-10(14)9(16-11(13)15)3-1-2-8-4-5-8/h3,8H,1-2,4-7,12H2/b9-3-. The van der Waals surface area contributed by atoms with Gasteiger partial charge in [0, 0.05) is 13.1 Å². The summed E-state index contributed by atoms with van der Waals surface area (Å²) in [6.45, 7) is 0.651. The van der Waals surface area contributed by atoms with Gasteiger partial charge in [0.1, 0.15) is 0 Å². The van der Waals surface area contributed by atoms with Gasteiger partial charge in [-0.25, -0.2) is 0 Å². The van der Waals surface area contributed by atoms with Crippen molar-refractivity contribution in [3.63, 3.8) is 0 Å². The third-order valence-electron chi connectivity index (χ3n) is 2.83.